The number of hydrogen-bond acceptors (Lipinski definition) is 0. The second-order valence-electron chi connectivity index (χ2n) is 23.5. The molecular weight excluding hydrogens is 792 g/mol. The summed E-state index contributed by atoms with van der Waals surface area (Å²) >= 11 is 0. The predicted molar refractivity (Wildman–Crippen MR) is 286 cm³/mol. The smallest absolute Gasteiger partial charge is 0.0646 e. The lowest BCUT2D eigenvalue weighted by molar-refractivity contribution is 0.331. The van der Waals surface area contributed by atoms with Crippen LogP contribution < -0.4 is 16.4 Å². The predicted octanol–water partition coefficient (Wildman–Crippen LogP) is 15.3. The summed E-state index contributed by atoms with van der Waals surface area (Å²) < 4.78 is 0. The Balaban J connectivity index is 1.28. The van der Waals surface area contributed by atoms with Crippen molar-refractivity contribution in [2.24, 2.45) is 0 Å². The first-order chi connectivity index (χ1) is 31.4. The summed E-state index contributed by atoms with van der Waals surface area (Å²) in [5.74, 6) is 0.689. The van der Waals surface area contributed by atoms with Crippen LogP contribution >= 0.6 is 0 Å². The molecule has 0 saturated carbocycles. The van der Waals surface area contributed by atoms with Crippen LogP contribution in [0.5, 0.6) is 0 Å². The van der Waals surface area contributed by atoms with Crippen LogP contribution in [-0.4, -0.2) is 6.71 Å². The van der Waals surface area contributed by atoms with Crippen molar-refractivity contribution < 1.29 is 0 Å². The van der Waals surface area contributed by atoms with E-state index in [4.69, 9.17) is 0 Å². The molecular formula is C65H71B. The van der Waals surface area contributed by atoms with Crippen molar-refractivity contribution >= 4 is 23.1 Å². The lowest BCUT2D eigenvalue weighted by Gasteiger charge is -2.45. The molecule has 2 aliphatic carbocycles. The molecule has 0 spiro atoms. The standard InChI is InChI=1S/C65H71B/c1-41-34-49(42(2)45-22-16-13-17-23-45)36-53-44(4)52-38-56-58(65(11,12)33-31-63(56,7)8)40-60(52)66(61(41)53)59-39-57-55(62(5,6)30-32-64(57,9)10)37-51(59)43(3)50-29-28-48(46-24-18-14-19-25-46)35-54(50)47-26-20-15-21-27-47/h13-29,34-40,42-44H,30-33H2,1-12H3. The molecule has 1 heteroatoms. The number of fused-ring (bicyclic) bond motifs is 4. The minimum absolute atomic E-state index is 0.0629. The molecule has 0 amide bonds. The van der Waals surface area contributed by atoms with Gasteiger partial charge in [-0.15, -0.1) is 0 Å². The van der Waals surface area contributed by atoms with Crippen molar-refractivity contribution in [2.45, 2.75) is 148 Å². The lowest BCUT2D eigenvalue weighted by Crippen LogP contribution is -2.60. The van der Waals surface area contributed by atoms with E-state index in [1.165, 1.54) is 109 Å². The third-order valence-electron chi connectivity index (χ3n) is 17.4. The summed E-state index contributed by atoms with van der Waals surface area (Å²) in [5.41, 5.74) is 26.3. The van der Waals surface area contributed by atoms with Crippen LogP contribution in [0.3, 0.4) is 0 Å². The maximum atomic E-state index is 2.76. The largest absolute Gasteiger partial charge is 0.242 e. The molecule has 3 unspecified atom stereocenters. The third-order valence-corrected chi connectivity index (χ3v) is 17.4. The van der Waals surface area contributed by atoms with Gasteiger partial charge in [-0.05, 0) is 138 Å². The summed E-state index contributed by atoms with van der Waals surface area (Å²) in [6.45, 7) is 30.0. The van der Waals surface area contributed by atoms with E-state index >= 15 is 0 Å². The molecule has 1 heterocycles. The van der Waals surface area contributed by atoms with Gasteiger partial charge in [0.1, 0.15) is 0 Å². The van der Waals surface area contributed by atoms with Crippen molar-refractivity contribution in [1.82, 2.24) is 0 Å². The van der Waals surface area contributed by atoms with Gasteiger partial charge in [0.2, 0.25) is 6.71 Å². The van der Waals surface area contributed by atoms with Crippen molar-refractivity contribution in [3.05, 3.63) is 207 Å². The maximum Gasteiger partial charge on any atom is 0.242 e. The average Bonchev–Trinajstić information content (AvgIpc) is 3.32. The van der Waals surface area contributed by atoms with Crippen LogP contribution in [0, 0.1) is 6.92 Å². The summed E-state index contributed by atoms with van der Waals surface area (Å²) in [7, 11) is 0. The fraction of sp³-hybridized carbons (Fsp3) is 0.354. The Morgan fingerprint density at radius 3 is 1.52 bits per heavy atom. The Bertz CT molecular complexity index is 2960. The molecule has 0 aromatic heterocycles. The molecule has 66 heavy (non-hydrogen) atoms. The van der Waals surface area contributed by atoms with Crippen molar-refractivity contribution in [2.75, 3.05) is 0 Å². The van der Waals surface area contributed by atoms with Gasteiger partial charge in [0.05, 0.1) is 0 Å². The number of rotatable bonds is 7. The maximum absolute atomic E-state index is 2.76. The third kappa shape index (κ3) is 7.45. The minimum Gasteiger partial charge on any atom is -0.0646 e. The zero-order valence-electron chi connectivity index (χ0n) is 42.0. The first-order valence-corrected chi connectivity index (χ1v) is 25.2. The summed E-state index contributed by atoms with van der Waals surface area (Å²) in [6, 6.07) is 56.6. The lowest BCUT2D eigenvalue weighted by atomic mass is 9.30. The number of benzene rings is 7. The fourth-order valence-corrected chi connectivity index (χ4v) is 12.8. The first kappa shape index (κ1) is 44.4. The Labute approximate surface area is 398 Å². The van der Waals surface area contributed by atoms with E-state index in [9.17, 15) is 0 Å². The van der Waals surface area contributed by atoms with E-state index < -0.39 is 0 Å². The van der Waals surface area contributed by atoms with Crippen molar-refractivity contribution in [3.8, 4) is 22.3 Å². The highest BCUT2D eigenvalue weighted by Crippen LogP contribution is 2.50. The van der Waals surface area contributed by atoms with Crippen LogP contribution in [0.2, 0.25) is 0 Å². The fourth-order valence-electron chi connectivity index (χ4n) is 12.8. The van der Waals surface area contributed by atoms with E-state index in [1.54, 1.807) is 16.7 Å². The minimum atomic E-state index is 0.0629. The van der Waals surface area contributed by atoms with E-state index in [-0.39, 0.29) is 40.2 Å². The summed E-state index contributed by atoms with van der Waals surface area (Å²) in [6.07, 6.45) is 4.79. The molecule has 3 atom stereocenters. The highest BCUT2D eigenvalue weighted by Gasteiger charge is 2.45. The van der Waals surface area contributed by atoms with Crippen LogP contribution in [0.25, 0.3) is 22.3 Å². The van der Waals surface area contributed by atoms with Gasteiger partial charge in [0, 0.05) is 17.8 Å². The molecule has 0 N–H and O–H groups in total. The normalized spacial score (nSPS) is 19.5. The summed E-state index contributed by atoms with van der Waals surface area (Å²) in [4.78, 5) is 0. The zero-order valence-corrected chi connectivity index (χ0v) is 42.0. The quantitative estimate of drug-likeness (QED) is 0.140. The molecule has 3 aliphatic rings. The van der Waals surface area contributed by atoms with Gasteiger partial charge in [0.15, 0.2) is 0 Å². The van der Waals surface area contributed by atoms with Gasteiger partial charge in [-0.3, -0.25) is 0 Å². The van der Waals surface area contributed by atoms with Crippen molar-refractivity contribution in [1.29, 1.82) is 0 Å². The number of hydrogen-bond donors (Lipinski definition) is 0. The Morgan fingerprint density at radius 1 is 0.439 bits per heavy atom. The molecule has 334 valence electrons. The van der Waals surface area contributed by atoms with Gasteiger partial charge in [-0.1, -0.05) is 238 Å². The SMILES string of the molecule is Cc1cc(C(C)c2ccccc2)cc2c1B(c1cc3c(cc1C(C)c1ccc(-c4ccccc4)cc1-c1ccccc1)C(C)(C)CCC3(C)C)c1cc3c(cc1C2C)C(C)(C)CCC3(C)C. The molecule has 0 saturated heterocycles. The van der Waals surface area contributed by atoms with Gasteiger partial charge in [0.25, 0.3) is 0 Å². The van der Waals surface area contributed by atoms with Gasteiger partial charge in [-0.2, -0.15) is 0 Å². The van der Waals surface area contributed by atoms with Crippen molar-refractivity contribution in [3.63, 3.8) is 0 Å². The van der Waals surface area contributed by atoms with Crippen LogP contribution in [0.4, 0.5) is 0 Å². The van der Waals surface area contributed by atoms with Crippen LogP contribution in [0.15, 0.2) is 146 Å². The molecule has 0 nitrogen and oxygen atoms in total. The van der Waals surface area contributed by atoms with Gasteiger partial charge >= 0.3 is 0 Å². The Kier molecular flexibility index (Phi) is 10.9. The second kappa shape index (κ2) is 16.1. The molecule has 7 aromatic rings. The van der Waals surface area contributed by atoms with Crippen LogP contribution in [0.1, 0.15) is 181 Å². The highest BCUT2D eigenvalue weighted by molar-refractivity contribution is 6.97. The Hall–Kier alpha value is -5.40. The first-order valence-electron chi connectivity index (χ1n) is 25.2. The summed E-state index contributed by atoms with van der Waals surface area (Å²) in [5, 5.41) is 0. The zero-order chi connectivity index (χ0) is 46.5. The average molecular weight is 863 g/mol. The van der Waals surface area contributed by atoms with Gasteiger partial charge < -0.3 is 0 Å². The highest BCUT2D eigenvalue weighted by atomic mass is 14.4. The monoisotopic (exact) mass is 863 g/mol. The second-order valence-corrected chi connectivity index (χ2v) is 23.5. The molecule has 0 bridgehead atoms. The molecule has 0 radical (unpaired) electrons. The molecule has 1 aliphatic heterocycles. The van der Waals surface area contributed by atoms with Crippen LogP contribution in [-0.2, 0) is 21.7 Å². The van der Waals surface area contributed by atoms with Gasteiger partial charge in [-0.25, -0.2) is 0 Å². The van der Waals surface area contributed by atoms with E-state index in [0.29, 0.717) is 5.92 Å². The molecule has 0 fully saturated rings. The molecule has 7 aromatic carbocycles. The molecule has 10 rings (SSSR count). The topological polar surface area (TPSA) is 0 Å². The van der Waals surface area contributed by atoms with E-state index in [1.807, 2.05) is 0 Å². The van der Waals surface area contributed by atoms with E-state index in [0.717, 1.165) is 0 Å². The number of aryl methyl sites for hydroxylation is 1. The Morgan fingerprint density at radius 2 is 0.939 bits per heavy atom. The van der Waals surface area contributed by atoms with E-state index in [2.05, 4.69) is 229 Å².